The first-order chi connectivity index (χ1) is 19.6. The summed E-state index contributed by atoms with van der Waals surface area (Å²) in [6, 6.07) is 42.7. The molecular formula is C36H30FO2P. The van der Waals surface area contributed by atoms with Gasteiger partial charge in [-0.15, -0.1) is 0 Å². The van der Waals surface area contributed by atoms with Gasteiger partial charge in [-0.2, -0.15) is 0 Å². The number of halogens is 1. The number of esters is 1. The average molecular weight is 545 g/mol. The zero-order valence-corrected chi connectivity index (χ0v) is 23.3. The largest absolute Gasteiger partial charge is 0.420 e. The monoisotopic (exact) mass is 544 g/mol. The van der Waals surface area contributed by atoms with E-state index < -0.39 is 19.7 Å². The van der Waals surface area contributed by atoms with Gasteiger partial charge < -0.3 is 4.74 Å². The van der Waals surface area contributed by atoms with Gasteiger partial charge in [-0.05, 0) is 53.0 Å². The number of benzene rings is 5. The zero-order valence-electron chi connectivity index (χ0n) is 22.4. The summed E-state index contributed by atoms with van der Waals surface area (Å²) >= 11 is 0. The first-order valence-corrected chi connectivity index (χ1v) is 14.7. The molecular weight excluding hydrogens is 514 g/mol. The normalized spacial score (nSPS) is 10.9. The molecule has 0 amide bonds. The van der Waals surface area contributed by atoms with Crippen molar-refractivity contribution < 1.29 is 13.9 Å². The number of hydrogen-bond acceptors (Lipinski definition) is 2. The lowest BCUT2D eigenvalue weighted by atomic mass is 9.94. The molecule has 0 N–H and O–H groups in total. The molecule has 4 heteroatoms. The SMILES string of the molecule is C=C(CC)C(=O)Oc1c(F)cccc1Cc1ccccc1-c1ccccc1P(c1ccccc1)c1ccccc1. The lowest BCUT2D eigenvalue weighted by Gasteiger charge is -2.23. The van der Waals surface area contributed by atoms with Gasteiger partial charge in [-0.25, -0.2) is 9.18 Å². The Balaban J connectivity index is 1.60. The van der Waals surface area contributed by atoms with Crippen molar-refractivity contribution in [1.82, 2.24) is 0 Å². The number of carbonyl (C=O) groups is 1. The maximum atomic E-state index is 14.9. The maximum absolute atomic E-state index is 14.9. The van der Waals surface area contributed by atoms with Gasteiger partial charge in [-0.3, -0.25) is 0 Å². The van der Waals surface area contributed by atoms with Gasteiger partial charge in [0, 0.05) is 17.6 Å². The fourth-order valence-electron chi connectivity index (χ4n) is 4.74. The van der Waals surface area contributed by atoms with Crippen LogP contribution >= 0.6 is 7.92 Å². The van der Waals surface area contributed by atoms with E-state index in [1.54, 1.807) is 6.07 Å². The third kappa shape index (κ3) is 5.96. The van der Waals surface area contributed by atoms with E-state index in [0.717, 1.165) is 16.7 Å². The van der Waals surface area contributed by atoms with Gasteiger partial charge in [0.15, 0.2) is 11.6 Å². The van der Waals surface area contributed by atoms with Crippen LogP contribution in [0, 0.1) is 5.82 Å². The molecule has 0 atom stereocenters. The Bertz CT molecular complexity index is 1590. The Kier molecular flexibility index (Phi) is 8.64. The van der Waals surface area contributed by atoms with E-state index in [1.807, 2.05) is 37.3 Å². The van der Waals surface area contributed by atoms with Gasteiger partial charge in [0.25, 0.3) is 0 Å². The molecule has 0 saturated heterocycles. The minimum atomic E-state index is -0.834. The van der Waals surface area contributed by atoms with Crippen LogP contribution in [0.15, 0.2) is 140 Å². The van der Waals surface area contributed by atoms with E-state index in [2.05, 4.69) is 91.5 Å². The summed E-state index contributed by atoms with van der Waals surface area (Å²) in [5.74, 6) is -1.21. The molecule has 0 saturated carbocycles. The molecule has 5 aromatic rings. The molecule has 0 aliphatic rings. The second-order valence-electron chi connectivity index (χ2n) is 9.43. The maximum Gasteiger partial charge on any atom is 0.338 e. The molecule has 0 unspecified atom stereocenters. The van der Waals surface area contributed by atoms with E-state index in [4.69, 9.17) is 4.74 Å². The first kappa shape index (κ1) is 27.2. The summed E-state index contributed by atoms with van der Waals surface area (Å²) in [5, 5.41) is 3.78. The molecule has 5 aromatic carbocycles. The molecule has 0 spiro atoms. The summed E-state index contributed by atoms with van der Waals surface area (Å²) in [6.07, 6.45) is 0.839. The molecule has 2 nitrogen and oxygen atoms in total. The van der Waals surface area contributed by atoms with E-state index >= 15 is 0 Å². The Labute approximate surface area is 236 Å². The van der Waals surface area contributed by atoms with Gasteiger partial charge in [0.2, 0.25) is 0 Å². The van der Waals surface area contributed by atoms with Gasteiger partial charge in [0.1, 0.15) is 0 Å². The second-order valence-corrected chi connectivity index (χ2v) is 11.6. The lowest BCUT2D eigenvalue weighted by molar-refractivity contribution is -0.130. The van der Waals surface area contributed by atoms with Crippen LogP contribution in [0.5, 0.6) is 5.75 Å². The van der Waals surface area contributed by atoms with Crippen molar-refractivity contribution in [1.29, 1.82) is 0 Å². The molecule has 0 bridgehead atoms. The quantitative estimate of drug-likeness (QED) is 0.0822. The topological polar surface area (TPSA) is 26.3 Å². The van der Waals surface area contributed by atoms with Crippen LogP contribution in [0.25, 0.3) is 11.1 Å². The smallest absolute Gasteiger partial charge is 0.338 e. The van der Waals surface area contributed by atoms with Crippen LogP contribution in [-0.4, -0.2) is 5.97 Å². The van der Waals surface area contributed by atoms with Crippen molar-refractivity contribution in [2.24, 2.45) is 0 Å². The van der Waals surface area contributed by atoms with E-state index in [1.165, 1.54) is 22.0 Å². The van der Waals surface area contributed by atoms with Crippen molar-refractivity contribution in [3.8, 4) is 16.9 Å². The third-order valence-corrected chi connectivity index (χ3v) is 9.32. The molecule has 0 aliphatic carbocycles. The van der Waals surface area contributed by atoms with Crippen molar-refractivity contribution in [3.63, 3.8) is 0 Å². The number of hydrogen-bond donors (Lipinski definition) is 0. The average Bonchev–Trinajstić information content (AvgIpc) is 3.00. The minimum Gasteiger partial charge on any atom is -0.420 e. The molecule has 0 fully saturated rings. The molecule has 5 rings (SSSR count). The zero-order chi connectivity index (χ0) is 27.9. The minimum absolute atomic E-state index is 0.0407. The fraction of sp³-hybridized carbons (Fsp3) is 0.0833. The fourth-order valence-corrected chi connectivity index (χ4v) is 7.20. The van der Waals surface area contributed by atoms with E-state index in [-0.39, 0.29) is 5.75 Å². The predicted molar refractivity (Wildman–Crippen MR) is 165 cm³/mol. The number of rotatable bonds is 9. The van der Waals surface area contributed by atoms with Crippen molar-refractivity contribution in [3.05, 3.63) is 156 Å². The van der Waals surface area contributed by atoms with E-state index in [0.29, 0.717) is 24.0 Å². The Hall–Kier alpha value is -4.33. The summed E-state index contributed by atoms with van der Waals surface area (Å²) in [6.45, 7) is 5.57. The number of para-hydroxylation sites is 1. The van der Waals surface area contributed by atoms with Crippen molar-refractivity contribution in [2.45, 2.75) is 19.8 Å². The molecule has 0 aliphatic heterocycles. The Morgan fingerprint density at radius 1 is 0.700 bits per heavy atom. The summed E-state index contributed by atoms with van der Waals surface area (Å²) in [7, 11) is -0.834. The molecule has 198 valence electrons. The van der Waals surface area contributed by atoms with Gasteiger partial charge in [0.05, 0.1) is 0 Å². The van der Waals surface area contributed by atoms with Crippen LogP contribution in [0.2, 0.25) is 0 Å². The van der Waals surface area contributed by atoms with Crippen LogP contribution < -0.4 is 20.7 Å². The van der Waals surface area contributed by atoms with Crippen LogP contribution in [-0.2, 0) is 11.2 Å². The highest BCUT2D eigenvalue weighted by Crippen LogP contribution is 2.38. The third-order valence-electron chi connectivity index (χ3n) is 6.82. The highest BCUT2D eigenvalue weighted by atomic mass is 31.1. The summed E-state index contributed by atoms with van der Waals surface area (Å²) < 4.78 is 20.5. The number of carbonyl (C=O) groups excluding carboxylic acids is 1. The van der Waals surface area contributed by atoms with Gasteiger partial charge >= 0.3 is 5.97 Å². The standard InChI is InChI=1S/C36H30FO2P/c1-3-26(2)36(38)39-35-28(16-14-23-33(35)37)25-27-15-10-11-21-31(27)32-22-12-13-24-34(32)40(29-17-6-4-7-18-29)30-19-8-5-9-20-30/h4-24H,2-3,25H2,1H3. The van der Waals surface area contributed by atoms with Gasteiger partial charge in [-0.1, -0.05) is 135 Å². The molecule has 40 heavy (non-hydrogen) atoms. The second kappa shape index (κ2) is 12.7. The summed E-state index contributed by atoms with van der Waals surface area (Å²) in [4.78, 5) is 12.5. The highest BCUT2D eigenvalue weighted by Gasteiger charge is 2.22. The predicted octanol–water partition coefficient (Wildman–Crippen LogP) is 7.71. The molecule has 0 radical (unpaired) electrons. The Morgan fingerprint density at radius 3 is 1.90 bits per heavy atom. The van der Waals surface area contributed by atoms with E-state index in [9.17, 15) is 9.18 Å². The molecule has 0 aromatic heterocycles. The highest BCUT2D eigenvalue weighted by molar-refractivity contribution is 7.80. The molecule has 0 heterocycles. The first-order valence-electron chi connectivity index (χ1n) is 13.3. The van der Waals surface area contributed by atoms with Crippen molar-refractivity contribution >= 4 is 29.8 Å². The lowest BCUT2D eigenvalue weighted by Crippen LogP contribution is -2.22. The summed E-state index contributed by atoms with van der Waals surface area (Å²) in [5.41, 5.74) is 4.13. The van der Waals surface area contributed by atoms with Crippen LogP contribution in [0.1, 0.15) is 24.5 Å². The van der Waals surface area contributed by atoms with Crippen LogP contribution in [0.3, 0.4) is 0 Å². The van der Waals surface area contributed by atoms with Crippen molar-refractivity contribution in [2.75, 3.05) is 0 Å². The van der Waals surface area contributed by atoms with Crippen LogP contribution in [0.4, 0.5) is 4.39 Å². The Morgan fingerprint density at radius 2 is 1.25 bits per heavy atom. The number of ether oxygens (including phenoxy) is 1.